The van der Waals surface area contributed by atoms with E-state index in [1.807, 2.05) is 6.07 Å². The molecule has 5 nitrogen and oxygen atoms in total. The van der Waals surface area contributed by atoms with Gasteiger partial charge in [-0.1, -0.05) is 31.5 Å². The van der Waals surface area contributed by atoms with Crippen LogP contribution in [0.15, 0.2) is 46.5 Å². The summed E-state index contributed by atoms with van der Waals surface area (Å²) in [6.07, 6.45) is 6.29. The summed E-state index contributed by atoms with van der Waals surface area (Å²) in [4.78, 5) is 5.08. The van der Waals surface area contributed by atoms with Crippen molar-refractivity contribution in [1.82, 2.24) is 13.9 Å². The summed E-state index contributed by atoms with van der Waals surface area (Å²) in [6, 6.07) is 9.08. The predicted molar refractivity (Wildman–Crippen MR) is 130 cm³/mol. The molecule has 9 heteroatoms. The number of nitrogens with zero attached hydrogens (tertiary/aromatic N) is 3. The standard InChI is InChI=1S/C25H29F2N3O2S2/c1-17-5-4-10-29(15-17)34(31,32)22-8-9-24-23(14-22)28-25(30(24)21-6-2-3-7-21)33-16-18-11-19(26)13-20(27)12-18/h8-9,11-14,17,21H,2-7,10,15-16H2,1H3/t17-/m1/s1. The van der Waals surface area contributed by atoms with E-state index in [9.17, 15) is 17.2 Å². The molecule has 34 heavy (non-hydrogen) atoms. The maximum Gasteiger partial charge on any atom is 0.243 e. The van der Waals surface area contributed by atoms with Crippen LogP contribution in [0.3, 0.4) is 0 Å². The van der Waals surface area contributed by atoms with Crippen LogP contribution in [-0.2, 0) is 15.8 Å². The molecule has 0 unspecified atom stereocenters. The van der Waals surface area contributed by atoms with Gasteiger partial charge in [-0.15, -0.1) is 0 Å². The van der Waals surface area contributed by atoms with E-state index in [1.54, 1.807) is 16.4 Å². The van der Waals surface area contributed by atoms with Crippen molar-refractivity contribution in [3.05, 3.63) is 53.6 Å². The lowest BCUT2D eigenvalue weighted by Gasteiger charge is -2.30. The topological polar surface area (TPSA) is 55.2 Å². The van der Waals surface area contributed by atoms with E-state index >= 15 is 0 Å². The molecule has 1 aliphatic heterocycles. The molecule has 0 N–H and O–H groups in total. The molecule has 1 saturated heterocycles. The Morgan fingerprint density at radius 2 is 1.76 bits per heavy atom. The van der Waals surface area contributed by atoms with Gasteiger partial charge in [-0.3, -0.25) is 0 Å². The molecule has 2 fully saturated rings. The minimum Gasteiger partial charge on any atom is -0.316 e. The van der Waals surface area contributed by atoms with E-state index < -0.39 is 21.7 Å². The van der Waals surface area contributed by atoms with Crippen molar-refractivity contribution < 1.29 is 17.2 Å². The lowest BCUT2D eigenvalue weighted by Crippen LogP contribution is -2.39. The van der Waals surface area contributed by atoms with Crippen molar-refractivity contribution in [2.24, 2.45) is 5.92 Å². The van der Waals surface area contributed by atoms with Crippen LogP contribution in [0, 0.1) is 17.6 Å². The Labute approximate surface area is 203 Å². The monoisotopic (exact) mass is 505 g/mol. The highest BCUT2D eigenvalue weighted by Crippen LogP contribution is 2.38. The first-order chi connectivity index (χ1) is 16.3. The second-order valence-corrected chi connectivity index (χ2v) is 12.4. The Balaban J connectivity index is 1.49. The van der Waals surface area contributed by atoms with Gasteiger partial charge in [-0.25, -0.2) is 22.2 Å². The summed E-state index contributed by atoms with van der Waals surface area (Å²) in [6.45, 7) is 3.18. The van der Waals surface area contributed by atoms with E-state index in [2.05, 4.69) is 11.5 Å². The zero-order valence-corrected chi connectivity index (χ0v) is 20.8. The van der Waals surface area contributed by atoms with Gasteiger partial charge < -0.3 is 4.57 Å². The molecule has 0 bridgehead atoms. The van der Waals surface area contributed by atoms with Crippen molar-refractivity contribution in [3.8, 4) is 0 Å². The summed E-state index contributed by atoms with van der Waals surface area (Å²) in [5, 5.41) is 0.757. The number of benzene rings is 2. The van der Waals surface area contributed by atoms with Crippen LogP contribution in [-0.4, -0.2) is 35.4 Å². The molecule has 0 amide bonds. The molecule has 1 aromatic heterocycles. The summed E-state index contributed by atoms with van der Waals surface area (Å²) in [5.74, 6) is -0.463. The average molecular weight is 506 g/mol. The molecule has 3 aromatic rings. The fourth-order valence-corrected chi connectivity index (χ4v) is 7.82. The first kappa shape index (κ1) is 23.8. The molecule has 0 radical (unpaired) electrons. The van der Waals surface area contributed by atoms with E-state index in [0.717, 1.165) is 55.3 Å². The number of halogens is 2. The van der Waals surface area contributed by atoms with Crippen LogP contribution in [0.1, 0.15) is 57.1 Å². The Kier molecular flexibility index (Phi) is 6.70. The largest absolute Gasteiger partial charge is 0.316 e. The molecule has 1 atom stereocenters. The van der Waals surface area contributed by atoms with Crippen molar-refractivity contribution in [1.29, 1.82) is 0 Å². The second kappa shape index (κ2) is 9.59. The minimum absolute atomic E-state index is 0.272. The smallest absolute Gasteiger partial charge is 0.243 e. The summed E-state index contributed by atoms with van der Waals surface area (Å²) in [5.41, 5.74) is 2.10. The van der Waals surface area contributed by atoms with Crippen LogP contribution in [0.4, 0.5) is 8.78 Å². The zero-order valence-electron chi connectivity index (χ0n) is 19.2. The third-order valence-corrected chi connectivity index (χ3v) is 9.75. The molecule has 2 heterocycles. The van der Waals surface area contributed by atoms with E-state index in [4.69, 9.17) is 4.98 Å². The molecular weight excluding hydrogens is 476 g/mol. The molecule has 182 valence electrons. The first-order valence-corrected chi connectivity index (χ1v) is 14.3. The lowest BCUT2D eigenvalue weighted by molar-refractivity contribution is 0.281. The number of fused-ring (bicyclic) bond motifs is 1. The van der Waals surface area contributed by atoms with Crippen LogP contribution in [0.25, 0.3) is 11.0 Å². The van der Waals surface area contributed by atoms with Crippen molar-refractivity contribution in [3.63, 3.8) is 0 Å². The van der Waals surface area contributed by atoms with E-state index in [1.165, 1.54) is 23.9 Å². The van der Waals surface area contributed by atoms with Gasteiger partial charge in [0.2, 0.25) is 10.0 Å². The number of sulfonamides is 1. The fraction of sp³-hybridized carbons (Fsp3) is 0.480. The Hall–Kier alpha value is -1.97. The SMILES string of the molecule is C[C@@H]1CCCN(S(=O)(=O)c2ccc3c(c2)nc(SCc2cc(F)cc(F)c2)n3C2CCCC2)C1. The number of hydrogen-bond acceptors (Lipinski definition) is 4. The van der Waals surface area contributed by atoms with Crippen LogP contribution < -0.4 is 0 Å². The van der Waals surface area contributed by atoms with Crippen molar-refractivity contribution >= 4 is 32.8 Å². The molecule has 5 rings (SSSR count). The Morgan fingerprint density at radius 1 is 1.03 bits per heavy atom. The van der Waals surface area contributed by atoms with Crippen molar-refractivity contribution in [2.45, 2.75) is 67.3 Å². The van der Waals surface area contributed by atoms with Gasteiger partial charge >= 0.3 is 0 Å². The van der Waals surface area contributed by atoms with Gasteiger partial charge in [0.05, 0.1) is 15.9 Å². The normalized spacial score (nSPS) is 20.4. The number of hydrogen-bond donors (Lipinski definition) is 0. The third kappa shape index (κ3) is 4.75. The minimum atomic E-state index is -3.58. The predicted octanol–water partition coefficient (Wildman–Crippen LogP) is 6.14. The van der Waals surface area contributed by atoms with Gasteiger partial charge in [-0.05, 0) is 67.5 Å². The van der Waals surface area contributed by atoms with E-state index in [0.29, 0.717) is 41.9 Å². The maximum absolute atomic E-state index is 13.6. The number of imidazole rings is 1. The Morgan fingerprint density at radius 3 is 2.47 bits per heavy atom. The molecule has 1 saturated carbocycles. The zero-order chi connectivity index (χ0) is 23.9. The van der Waals surface area contributed by atoms with Gasteiger partial charge in [-0.2, -0.15) is 4.31 Å². The quantitative estimate of drug-likeness (QED) is 0.378. The fourth-order valence-electron chi connectivity index (χ4n) is 5.19. The molecule has 2 aliphatic rings. The van der Waals surface area contributed by atoms with E-state index in [-0.39, 0.29) is 4.90 Å². The molecular formula is C25H29F2N3O2S2. The number of thioether (sulfide) groups is 1. The van der Waals surface area contributed by atoms with Crippen LogP contribution in [0.5, 0.6) is 0 Å². The maximum atomic E-state index is 13.6. The summed E-state index contributed by atoms with van der Waals surface area (Å²) < 4.78 is 57.7. The number of rotatable bonds is 6. The first-order valence-electron chi connectivity index (χ1n) is 11.9. The highest BCUT2D eigenvalue weighted by atomic mass is 32.2. The Bertz CT molecular complexity index is 1280. The average Bonchev–Trinajstić information content (AvgIpc) is 3.44. The molecule has 1 aliphatic carbocycles. The summed E-state index contributed by atoms with van der Waals surface area (Å²) >= 11 is 1.43. The highest BCUT2D eigenvalue weighted by Gasteiger charge is 2.30. The van der Waals surface area contributed by atoms with Crippen LogP contribution in [0.2, 0.25) is 0 Å². The number of piperidine rings is 1. The van der Waals surface area contributed by atoms with Crippen molar-refractivity contribution in [2.75, 3.05) is 13.1 Å². The lowest BCUT2D eigenvalue weighted by atomic mass is 10.0. The van der Waals surface area contributed by atoms with Gasteiger partial charge in [0.1, 0.15) is 11.6 Å². The highest BCUT2D eigenvalue weighted by molar-refractivity contribution is 7.98. The van der Waals surface area contributed by atoms with Gasteiger partial charge in [0.15, 0.2) is 5.16 Å². The van der Waals surface area contributed by atoms with Gasteiger partial charge in [0.25, 0.3) is 0 Å². The third-order valence-electron chi connectivity index (χ3n) is 6.87. The second-order valence-electron chi connectivity index (χ2n) is 9.53. The summed E-state index contributed by atoms with van der Waals surface area (Å²) in [7, 11) is -3.58. The number of aromatic nitrogens is 2. The molecule has 2 aromatic carbocycles. The van der Waals surface area contributed by atoms with Crippen LogP contribution >= 0.6 is 11.8 Å². The van der Waals surface area contributed by atoms with Gasteiger partial charge in [0, 0.05) is 31.0 Å². The molecule has 0 spiro atoms.